The van der Waals surface area contributed by atoms with Gasteiger partial charge in [0, 0.05) is 32.2 Å². The highest BCUT2D eigenvalue weighted by molar-refractivity contribution is 7.09. The molecule has 1 rings (SSSR count). The van der Waals surface area contributed by atoms with Crippen LogP contribution in [0.4, 0.5) is 0 Å². The smallest absolute Gasteiger partial charge is 0.191 e. The molecule has 114 valence electrons. The first-order valence-electron chi connectivity index (χ1n) is 7.14. The number of nitrogens with one attached hydrogen (secondary N) is 2. The molecule has 1 aromatic rings. The van der Waals surface area contributed by atoms with Gasteiger partial charge in [-0.15, -0.1) is 11.3 Å². The van der Waals surface area contributed by atoms with Crippen LogP contribution < -0.4 is 10.6 Å². The number of ether oxygens (including phenoxy) is 1. The molecule has 0 aliphatic heterocycles. The van der Waals surface area contributed by atoms with Crippen LogP contribution in [0.2, 0.25) is 0 Å². The molecule has 0 atom stereocenters. The van der Waals surface area contributed by atoms with E-state index in [0.29, 0.717) is 12.5 Å². The minimum absolute atomic E-state index is 0.482. The van der Waals surface area contributed by atoms with E-state index in [-0.39, 0.29) is 0 Å². The van der Waals surface area contributed by atoms with Gasteiger partial charge in [0.15, 0.2) is 5.96 Å². The summed E-state index contributed by atoms with van der Waals surface area (Å²) in [5.74, 6) is 1.29. The van der Waals surface area contributed by atoms with Crippen molar-refractivity contribution in [1.82, 2.24) is 15.6 Å². The fraction of sp³-hybridized carbons (Fsp3) is 0.714. The number of rotatable bonds is 8. The van der Waals surface area contributed by atoms with Gasteiger partial charge in [0.2, 0.25) is 0 Å². The van der Waals surface area contributed by atoms with Gasteiger partial charge in [0.25, 0.3) is 0 Å². The van der Waals surface area contributed by atoms with E-state index in [1.807, 2.05) is 6.92 Å². The molecule has 0 saturated heterocycles. The summed E-state index contributed by atoms with van der Waals surface area (Å²) in [6.07, 6.45) is 0.975. The Balaban J connectivity index is 2.26. The number of thiazole rings is 1. The van der Waals surface area contributed by atoms with Crippen LogP contribution in [0, 0.1) is 0 Å². The van der Waals surface area contributed by atoms with E-state index in [1.165, 1.54) is 0 Å². The van der Waals surface area contributed by atoms with E-state index in [4.69, 9.17) is 4.74 Å². The summed E-state index contributed by atoms with van der Waals surface area (Å²) in [7, 11) is 1.78. The molecule has 0 bridgehead atoms. The molecule has 0 amide bonds. The van der Waals surface area contributed by atoms with Crippen molar-refractivity contribution in [3.05, 3.63) is 16.1 Å². The number of aliphatic imine (C=N–C) groups is 1. The Bertz CT molecular complexity index is 404. The molecule has 5 nitrogen and oxygen atoms in total. The monoisotopic (exact) mass is 298 g/mol. The first kappa shape index (κ1) is 16.9. The highest BCUT2D eigenvalue weighted by Crippen LogP contribution is 2.17. The van der Waals surface area contributed by atoms with Gasteiger partial charge in [-0.05, 0) is 19.3 Å². The Morgan fingerprint density at radius 2 is 2.25 bits per heavy atom. The number of nitrogens with zero attached hydrogens (tertiary/aromatic N) is 2. The number of hydrogen-bond acceptors (Lipinski definition) is 4. The van der Waals surface area contributed by atoms with Crippen molar-refractivity contribution >= 4 is 17.3 Å². The summed E-state index contributed by atoms with van der Waals surface area (Å²) in [5, 5.41) is 9.75. The van der Waals surface area contributed by atoms with Crippen LogP contribution >= 0.6 is 11.3 Å². The van der Waals surface area contributed by atoms with Crippen molar-refractivity contribution in [2.75, 3.05) is 26.8 Å². The van der Waals surface area contributed by atoms with Gasteiger partial charge in [-0.3, -0.25) is 4.99 Å². The second-order valence-corrected chi connectivity index (χ2v) is 5.67. The van der Waals surface area contributed by atoms with E-state index < -0.39 is 0 Å². The molecule has 0 aliphatic rings. The fourth-order valence-corrected chi connectivity index (χ4v) is 2.47. The summed E-state index contributed by atoms with van der Waals surface area (Å²) < 4.78 is 5.29. The Kier molecular flexibility index (Phi) is 8.22. The minimum atomic E-state index is 0.482. The summed E-state index contributed by atoms with van der Waals surface area (Å²) in [4.78, 5) is 8.78. The molecular formula is C14H26N4OS. The molecule has 0 saturated carbocycles. The van der Waals surface area contributed by atoms with Gasteiger partial charge < -0.3 is 15.4 Å². The van der Waals surface area contributed by atoms with Crippen LogP contribution in [-0.4, -0.2) is 37.7 Å². The van der Waals surface area contributed by atoms with Crippen LogP contribution in [0.3, 0.4) is 0 Å². The molecule has 0 radical (unpaired) electrons. The molecule has 0 spiro atoms. The third kappa shape index (κ3) is 6.34. The van der Waals surface area contributed by atoms with Crippen molar-refractivity contribution < 1.29 is 4.74 Å². The third-order valence-corrected chi connectivity index (χ3v) is 3.62. The highest BCUT2D eigenvalue weighted by atomic mass is 32.1. The molecule has 0 unspecified atom stereocenters. The van der Waals surface area contributed by atoms with Gasteiger partial charge >= 0.3 is 0 Å². The molecule has 1 aromatic heterocycles. The second-order valence-electron chi connectivity index (χ2n) is 4.72. The quantitative estimate of drug-likeness (QED) is 0.439. The zero-order chi connectivity index (χ0) is 14.8. The van der Waals surface area contributed by atoms with Crippen molar-refractivity contribution in [2.45, 2.75) is 39.7 Å². The molecule has 0 fully saturated rings. The fourth-order valence-electron chi connectivity index (χ4n) is 1.58. The average Bonchev–Trinajstić information content (AvgIpc) is 2.91. The number of guanidine groups is 1. The highest BCUT2D eigenvalue weighted by Gasteiger charge is 2.06. The lowest BCUT2D eigenvalue weighted by Crippen LogP contribution is -2.37. The average molecular weight is 298 g/mol. The number of aromatic nitrogens is 1. The lowest BCUT2D eigenvalue weighted by molar-refractivity contribution is 0.145. The van der Waals surface area contributed by atoms with Crippen molar-refractivity contribution in [3.8, 4) is 0 Å². The Morgan fingerprint density at radius 3 is 2.85 bits per heavy atom. The zero-order valence-corrected chi connectivity index (χ0v) is 13.7. The Labute approximate surface area is 125 Å². The van der Waals surface area contributed by atoms with E-state index in [9.17, 15) is 0 Å². The largest absolute Gasteiger partial charge is 0.382 e. The lowest BCUT2D eigenvalue weighted by atomic mass is 10.2. The third-order valence-electron chi connectivity index (χ3n) is 2.75. The standard InChI is InChI=1S/C14H26N4OS/c1-5-19-8-6-7-16-14(15-4)17-9-13-18-12(10-20-13)11(2)3/h10-11H,5-9H2,1-4H3,(H2,15,16,17). The normalized spacial score (nSPS) is 11.9. The summed E-state index contributed by atoms with van der Waals surface area (Å²) in [6.45, 7) is 9.45. The van der Waals surface area contributed by atoms with Crippen LogP contribution in [0.1, 0.15) is 43.8 Å². The zero-order valence-electron chi connectivity index (χ0n) is 12.9. The summed E-state index contributed by atoms with van der Waals surface area (Å²) in [5.41, 5.74) is 1.16. The van der Waals surface area contributed by atoms with Crippen molar-refractivity contribution in [2.24, 2.45) is 4.99 Å². The maximum absolute atomic E-state index is 5.29. The second kappa shape index (κ2) is 9.72. The SMILES string of the molecule is CCOCCCNC(=NC)NCc1nc(C(C)C)cs1. The van der Waals surface area contributed by atoms with E-state index in [1.54, 1.807) is 18.4 Å². The van der Waals surface area contributed by atoms with Crippen LogP contribution in [0.5, 0.6) is 0 Å². The Morgan fingerprint density at radius 1 is 1.45 bits per heavy atom. The van der Waals surface area contributed by atoms with Crippen LogP contribution in [0.15, 0.2) is 10.4 Å². The lowest BCUT2D eigenvalue weighted by Gasteiger charge is -2.10. The summed E-state index contributed by atoms with van der Waals surface area (Å²) in [6, 6.07) is 0. The predicted octanol–water partition coefficient (Wildman–Crippen LogP) is 2.36. The summed E-state index contributed by atoms with van der Waals surface area (Å²) >= 11 is 1.69. The molecule has 6 heteroatoms. The number of hydrogen-bond donors (Lipinski definition) is 2. The maximum Gasteiger partial charge on any atom is 0.191 e. The van der Waals surface area contributed by atoms with Gasteiger partial charge in [-0.2, -0.15) is 0 Å². The van der Waals surface area contributed by atoms with Crippen LogP contribution in [-0.2, 0) is 11.3 Å². The van der Waals surface area contributed by atoms with Gasteiger partial charge in [0.05, 0.1) is 12.2 Å². The molecule has 0 aliphatic carbocycles. The molecule has 2 N–H and O–H groups in total. The molecule has 20 heavy (non-hydrogen) atoms. The molecular weight excluding hydrogens is 272 g/mol. The van der Waals surface area contributed by atoms with E-state index >= 15 is 0 Å². The van der Waals surface area contributed by atoms with Gasteiger partial charge in [-0.1, -0.05) is 13.8 Å². The van der Waals surface area contributed by atoms with E-state index in [2.05, 4.69) is 39.8 Å². The van der Waals surface area contributed by atoms with E-state index in [0.717, 1.165) is 42.8 Å². The predicted molar refractivity (Wildman–Crippen MR) is 85.5 cm³/mol. The first-order valence-corrected chi connectivity index (χ1v) is 8.01. The van der Waals surface area contributed by atoms with Crippen LogP contribution in [0.25, 0.3) is 0 Å². The first-order chi connectivity index (χ1) is 9.67. The van der Waals surface area contributed by atoms with Gasteiger partial charge in [0.1, 0.15) is 5.01 Å². The Hall–Kier alpha value is -1.14. The van der Waals surface area contributed by atoms with Crippen molar-refractivity contribution in [1.29, 1.82) is 0 Å². The minimum Gasteiger partial charge on any atom is -0.382 e. The van der Waals surface area contributed by atoms with Gasteiger partial charge in [-0.25, -0.2) is 4.98 Å². The maximum atomic E-state index is 5.29. The molecule has 1 heterocycles. The topological polar surface area (TPSA) is 58.5 Å². The molecule has 0 aromatic carbocycles. The van der Waals surface area contributed by atoms with Crippen molar-refractivity contribution in [3.63, 3.8) is 0 Å².